The van der Waals surface area contributed by atoms with Crippen LogP contribution in [0.5, 0.6) is 0 Å². The molecule has 2 N–H and O–H groups in total. The molecule has 0 aromatic rings. The number of carbonyl (C=O) groups is 2. The Morgan fingerprint density at radius 1 is 1.24 bits per heavy atom. The fourth-order valence-corrected chi connectivity index (χ4v) is 0.953. The Balaban J connectivity index is 3.45. The van der Waals surface area contributed by atoms with Gasteiger partial charge in [0.25, 0.3) is 0 Å². The smallest absolute Gasteiger partial charge is 0.407 e. The molecule has 0 fully saturated rings. The van der Waals surface area contributed by atoms with Gasteiger partial charge in [0, 0.05) is 20.3 Å². The summed E-state index contributed by atoms with van der Waals surface area (Å²) < 4.78 is 9.68. The van der Waals surface area contributed by atoms with Gasteiger partial charge in [0.1, 0.15) is 0 Å². The lowest BCUT2D eigenvalue weighted by atomic mass is 10.2. The molecule has 6 heteroatoms. The van der Waals surface area contributed by atoms with E-state index < -0.39 is 6.09 Å². The van der Waals surface area contributed by atoms with Crippen LogP contribution in [0.4, 0.5) is 4.79 Å². The van der Waals surface area contributed by atoms with Crippen LogP contribution in [0.2, 0.25) is 0 Å². The number of amides is 2. The third-order valence-corrected chi connectivity index (χ3v) is 1.79. The summed E-state index contributed by atoms with van der Waals surface area (Å²) in [5, 5.41) is 5.02. The van der Waals surface area contributed by atoms with Crippen LogP contribution in [0.25, 0.3) is 0 Å². The van der Waals surface area contributed by atoms with E-state index in [0.29, 0.717) is 19.8 Å². The first kappa shape index (κ1) is 15.7. The summed E-state index contributed by atoms with van der Waals surface area (Å²) in [6.45, 7) is 5.30. The molecule has 0 unspecified atom stereocenters. The quantitative estimate of drug-likeness (QED) is 0.612. The summed E-state index contributed by atoms with van der Waals surface area (Å²) in [4.78, 5) is 22.3. The number of methoxy groups -OCH3 is 1. The zero-order valence-corrected chi connectivity index (χ0v) is 10.7. The molecular formula is C11H22N2O4. The largest absolute Gasteiger partial charge is 0.449 e. The van der Waals surface area contributed by atoms with Gasteiger partial charge in [0.2, 0.25) is 5.91 Å². The maximum Gasteiger partial charge on any atom is 0.407 e. The van der Waals surface area contributed by atoms with Crippen LogP contribution < -0.4 is 10.6 Å². The monoisotopic (exact) mass is 246 g/mol. The van der Waals surface area contributed by atoms with Crippen molar-refractivity contribution in [2.75, 3.05) is 33.4 Å². The van der Waals surface area contributed by atoms with Gasteiger partial charge in [-0.25, -0.2) is 4.79 Å². The van der Waals surface area contributed by atoms with Gasteiger partial charge < -0.3 is 20.1 Å². The summed E-state index contributed by atoms with van der Waals surface area (Å²) in [6, 6.07) is 0. The highest BCUT2D eigenvalue weighted by molar-refractivity contribution is 5.81. The van der Waals surface area contributed by atoms with E-state index in [1.807, 2.05) is 13.8 Å². The SMILES string of the molecule is COCCCNC(=O)CNC(=O)OCC(C)C. The van der Waals surface area contributed by atoms with Crippen LogP contribution in [0.1, 0.15) is 20.3 Å². The maximum atomic E-state index is 11.2. The van der Waals surface area contributed by atoms with Crippen LogP contribution >= 0.6 is 0 Å². The van der Waals surface area contributed by atoms with Crippen LogP contribution in [0, 0.1) is 5.92 Å². The third-order valence-electron chi connectivity index (χ3n) is 1.79. The van der Waals surface area contributed by atoms with E-state index in [-0.39, 0.29) is 18.4 Å². The van der Waals surface area contributed by atoms with Gasteiger partial charge in [-0.15, -0.1) is 0 Å². The van der Waals surface area contributed by atoms with Gasteiger partial charge in [-0.3, -0.25) is 4.79 Å². The van der Waals surface area contributed by atoms with Crippen molar-refractivity contribution in [2.45, 2.75) is 20.3 Å². The molecule has 2 amide bonds. The van der Waals surface area contributed by atoms with Gasteiger partial charge in [-0.05, 0) is 12.3 Å². The first-order chi connectivity index (χ1) is 8.06. The van der Waals surface area contributed by atoms with E-state index in [1.165, 1.54) is 0 Å². The molecule has 0 rings (SSSR count). The number of carbonyl (C=O) groups excluding carboxylic acids is 2. The number of alkyl carbamates (subject to hydrolysis) is 1. The van der Waals surface area contributed by atoms with Gasteiger partial charge in [0.05, 0.1) is 13.2 Å². The Morgan fingerprint density at radius 2 is 1.94 bits per heavy atom. The van der Waals surface area contributed by atoms with Crippen molar-refractivity contribution in [3.8, 4) is 0 Å². The van der Waals surface area contributed by atoms with E-state index in [1.54, 1.807) is 7.11 Å². The number of hydrogen-bond donors (Lipinski definition) is 2. The predicted octanol–water partition coefficient (Wildman–Crippen LogP) is 0.521. The Kier molecular flexibility index (Phi) is 9.14. The van der Waals surface area contributed by atoms with E-state index in [4.69, 9.17) is 9.47 Å². The van der Waals surface area contributed by atoms with E-state index in [2.05, 4.69) is 10.6 Å². The maximum absolute atomic E-state index is 11.2. The van der Waals surface area contributed by atoms with Crippen molar-refractivity contribution in [1.82, 2.24) is 10.6 Å². The second kappa shape index (κ2) is 9.89. The molecule has 0 aliphatic rings. The third kappa shape index (κ3) is 11.0. The molecule has 0 aromatic heterocycles. The van der Waals surface area contributed by atoms with Crippen molar-refractivity contribution >= 4 is 12.0 Å². The minimum Gasteiger partial charge on any atom is -0.449 e. The average Bonchev–Trinajstić information content (AvgIpc) is 2.29. The topological polar surface area (TPSA) is 76.7 Å². The lowest BCUT2D eigenvalue weighted by Gasteiger charge is -2.09. The van der Waals surface area contributed by atoms with Crippen LogP contribution in [0.15, 0.2) is 0 Å². The molecule has 6 nitrogen and oxygen atoms in total. The van der Waals surface area contributed by atoms with Crippen molar-refractivity contribution in [2.24, 2.45) is 5.92 Å². The normalized spacial score (nSPS) is 10.1. The van der Waals surface area contributed by atoms with E-state index in [9.17, 15) is 9.59 Å². The van der Waals surface area contributed by atoms with Gasteiger partial charge in [0.15, 0.2) is 0 Å². The summed E-state index contributed by atoms with van der Waals surface area (Å²) >= 11 is 0. The number of ether oxygens (including phenoxy) is 2. The summed E-state index contributed by atoms with van der Waals surface area (Å²) in [5.74, 6) is 0.0474. The molecule has 0 atom stereocenters. The van der Waals surface area contributed by atoms with Crippen molar-refractivity contribution < 1.29 is 19.1 Å². The second-order valence-corrected chi connectivity index (χ2v) is 4.04. The molecule has 0 aliphatic carbocycles. The van der Waals surface area contributed by atoms with Crippen molar-refractivity contribution in [1.29, 1.82) is 0 Å². The molecule has 0 aromatic carbocycles. The standard InChI is InChI=1S/C11H22N2O4/c1-9(2)8-17-11(15)13-7-10(14)12-5-4-6-16-3/h9H,4-8H2,1-3H3,(H,12,14)(H,13,15). The average molecular weight is 246 g/mol. The second-order valence-electron chi connectivity index (χ2n) is 4.04. The van der Waals surface area contributed by atoms with E-state index in [0.717, 1.165) is 6.42 Å². The minimum atomic E-state index is -0.564. The lowest BCUT2D eigenvalue weighted by Crippen LogP contribution is -2.38. The minimum absolute atomic E-state index is 0.0656. The molecule has 0 aliphatic heterocycles. The molecule has 0 radical (unpaired) electrons. The molecule has 0 saturated carbocycles. The molecular weight excluding hydrogens is 224 g/mol. The number of rotatable bonds is 8. The Bertz CT molecular complexity index is 232. The van der Waals surface area contributed by atoms with Gasteiger partial charge in [-0.1, -0.05) is 13.8 Å². The Morgan fingerprint density at radius 3 is 2.53 bits per heavy atom. The van der Waals surface area contributed by atoms with Crippen molar-refractivity contribution in [3.63, 3.8) is 0 Å². The highest BCUT2D eigenvalue weighted by Gasteiger charge is 2.06. The summed E-state index contributed by atoms with van der Waals surface area (Å²) in [6.07, 6.45) is 0.186. The molecule has 0 spiro atoms. The predicted molar refractivity (Wildman–Crippen MR) is 63.7 cm³/mol. The van der Waals surface area contributed by atoms with E-state index >= 15 is 0 Å². The number of hydrogen-bond acceptors (Lipinski definition) is 4. The van der Waals surface area contributed by atoms with Crippen LogP contribution in [-0.4, -0.2) is 45.4 Å². The highest BCUT2D eigenvalue weighted by atomic mass is 16.5. The first-order valence-corrected chi connectivity index (χ1v) is 5.72. The van der Waals surface area contributed by atoms with Crippen LogP contribution in [-0.2, 0) is 14.3 Å². The van der Waals surface area contributed by atoms with Crippen molar-refractivity contribution in [3.05, 3.63) is 0 Å². The fraction of sp³-hybridized carbons (Fsp3) is 0.818. The molecule has 17 heavy (non-hydrogen) atoms. The zero-order valence-electron chi connectivity index (χ0n) is 10.7. The van der Waals surface area contributed by atoms with Gasteiger partial charge >= 0.3 is 6.09 Å². The number of nitrogens with one attached hydrogen (secondary N) is 2. The fourth-order valence-electron chi connectivity index (χ4n) is 0.953. The molecule has 0 bridgehead atoms. The molecule has 0 heterocycles. The first-order valence-electron chi connectivity index (χ1n) is 5.72. The van der Waals surface area contributed by atoms with Gasteiger partial charge in [-0.2, -0.15) is 0 Å². The summed E-state index contributed by atoms with van der Waals surface area (Å²) in [5.41, 5.74) is 0. The lowest BCUT2D eigenvalue weighted by molar-refractivity contribution is -0.120. The Labute approximate surface area is 102 Å². The Hall–Kier alpha value is -1.30. The highest BCUT2D eigenvalue weighted by Crippen LogP contribution is 1.92. The summed E-state index contributed by atoms with van der Waals surface area (Å²) in [7, 11) is 1.61. The van der Waals surface area contributed by atoms with Crippen LogP contribution in [0.3, 0.4) is 0 Å². The zero-order chi connectivity index (χ0) is 13.1. The molecule has 100 valence electrons. The molecule has 0 saturated heterocycles.